The number of halogens is 1. The summed E-state index contributed by atoms with van der Waals surface area (Å²) < 4.78 is 0.975. The van der Waals surface area contributed by atoms with Gasteiger partial charge >= 0.3 is 0 Å². The fourth-order valence-electron chi connectivity index (χ4n) is 2.47. The molecule has 0 aliphatic carbocycles. The molecule has 1 aromatic carbocycles. The molecule has 1 heterocycles. The number of likely N-dealkylation sites (N-methyl/N-ethyl adjacent to an activating group) is 1. The predicted molar refractivity (Wildman–Crippen MR) is 97.2 cm³/mol. The number of thiocarbonyl (C=S) groups is 1. The molecule has 4 nitrogen and oxygen atoms in total. The number of anilines is 1. The first-order valence-electron chi connectivity index (χ1n) is 7.19. The van der Waals surface area contributed by atoms with Gasteiger partial charge in [-0.05, 0) is 48.2 Å². The van der Waals surface area contributed by atoms with Gasteiger partial charge in [0.05, 0.1) is 0 Å². The van der Waals surface area contributed by atoms with Gasteiger partial charge in [0.1, 0.15) is 4.99 Å². The first kappa shape index (κ1) is 16.7. The maximum absolute atomic E-state index is 5.70. The molecule has 6 heteroatoms. The molecule has 21 heavy (non-hydrogen) atoms. The van der Waals surface area contributed by atoms with Crippen LogP contribution < -0.4 is 10.6 Å². The summed E-state index contributed by atoms with van der Waals surface area (Å²) in [6.07, 6.45) is 0. The van der Waals surface area contributed by atoms with Gasteiger partial charge in [0.2, 0.25) is 0 Å². The van der Waals surface area contributed by atoms with E-state index in [1.54, 1.807) is 0 Å². The van der Waals surface area contributed by atoms with Gasteiger partial charge in [-0.1, -0.05) is 12.2 Å². The Bertz CT molecular complexity index is 498. The van der Waals surface area contributed by atoms with Gasteiger partial charge in [-0.25, -0.2) is 0 Å². The third-order valence-corrected chi connectivity index (χ3v) is 4.70. The van der Waals surface area contributed by atoms with Crippen LogP contribution in [-0.4, -0.2) is 68.2 Å². The summed E-state index contributed by atoms with van der Waals surface area (Å²) in [7, 11) is 4.24. The molecule has 1 aromatic rings. The fraction of sp³-hybridized carbons (Fsp3) is 0.533. The van der Waals surface area contributed by atoms with Crippen LogP contribution in [0.1, 0.15) is 5.56 Å². The lowest BCUT2D eigenvalue weighted by molar-refractivity contribution is 0.229. The molecule has 1 saturated heterocycles. The average molecular weight is 371 g/mol. The van der Waals surface area contributed by atoms with E-state index >= 15 is 0 Å². The SMILES string of the molecule is CN(C)CCN1CCN(c2ccc(C(N)=S)c(Br)c2)CC1. The number of hydrogen-bond donors (Lipinski definition) is 1. The molecule has 0 saturated carbocycles. The highest BCUT2D eigenvalue weighted by Gasteiger charge is 2.17. The molecule has 0 atom stereocenters. The summed E-state index contributed by atoms with van der Waals surface area (Å²) in [5.74, 6) is 0. The summed E-state index contributed by atoms with van der Waals surface area (Å²) in [5, 5.41) is 0. The first-order valence-corrected chi connectivity index (χ1v) is 8.39. The molecular weight excluding hydrogens is 348 g/mol. The van der Waals surface area contributed by atoms with Gasteiger partial charge in [0.25, 0.3) is 0 Å². The second-order valence-electron chi connectivity index (χ2n) is 5.66. The maximum atomic E-state index is 5.70. The topological polar surface area (TPSA) is 35.7 Å². The Hall–Kier alpha value is -0.690. The molecule has 0 radical (unpaired) electrons. The van der Waals surface area contributed by atoms with Crippen molar-refractivity contribution < 1.29 is 0 Å². The van der Waals surface area contributed by atoms with Crippen LogP contribution in [0.4, 0.5) is 5.69 Å². The number of nitrogens with zero attached hydrogens (tertiary/aromatic N) is 3. The third kappa shape index (κ3) is 4.64. The van der Waals surface area contributed by atoms with Gasteiger partial charge in [-0.3, -0.25) is 4.90 Å². The van der Waals surface area contributed by atoms with Crippen molar-refractivity contribution in [3.63, 3.8) is 0 Å². The molecule has 2 rings (SSSR count). The number of piperazine rings is 1. The van der Waals surface area contributed by atoms with Gasteiger partial charge < -0.3 is 15.5 Å². The molecule has 116 valence electrons. The van der Waals surface area contributed by atoms with Gasteiger partial charge in [-0.2, -0.15) is 0 Å². The van der Waals surface area contributed by atoms with Crippen molar-refractivity contribution in [2.24, 2.45) is 5.73 Å². The highest BCUT2D eigenvalue weighted by atomic mass is 79.9. The molecule has 1 aliphatic heterocycles. The highest BCUT2D eigenvalue weighted by Crippen LogP contribution is 2.25. The van der Waals surface area contributed by atoms with E-state index in [4.69, 9.17) is 18.0 Å². The van der Waals surface area contributed by atoms with Crippen LogP contribution >= 0.6 is 28.1 Å². The second kappa shape index (κ2) is 7.54. The van der Waals surface area contributed by atoms with E-state index in [0.29, 0.717) is 4.99 Å². The summed E-state index contributed by atoms with van der Waals surface area (Å²) >= 11 is 8.60. The Balaban J connectivity index is 1.93. The second-order valence-corrected chi connectivity index (χ2v) is 6.95. The molecule has 1 aliphatic rings. The van der Waals surface area contributed by atoms with E-state index in [1.807, 2.05) is 6.07 Å². The van der Waals surface area contributed by atoms with Crippen LogP contribution in [0.2, 0.25) is 0 Å². The average Bonchev–Trinajstić information content (AvgIpc) is 2.45. The maximum Gasteiger partial charge on any atom is 0.105 e. The highest BCUT2D eigenvalue weighted by molar-refractivity contribution is 9.10. The quantitative estimate of drug-likeness (QED) is 0.799. The van der Waals surface area contributed by atoms with Crippen molar-refractivity contribution in [3.8, 4) is 0 Å². The predicted octanol–water partition coefficient (Wildman–Crippen LogP) is 1.77. The van der Waals surface area contributed by atoms with Crippen molar-refractivity contribution in [2.45, 2.75) is 0 Å². The first-order chi connectivity index (χ1) is 9.97. The lowest BCUT2D eigenvalue weighted by atomic mass is 10.2. The van der Waals surface area contributed by atoms with Gasteiger partial charge in [-0.15, -0.1) is 0 Å². The Labute approximate surface area is 141 Å². The Morgan fingerprint density at radius 2 is 1.95 bits per heavy atom. The smallest absolute Gasteiger partial charge is 0.105 e. The number of rotatable bonds is 5. The molecule has 2 N–H and O–H groups in total. The van der Waals surface area contributed by atoms with E-state index in [2.05, 4.69) is 56.9 Å². The summed E-state index contributed by atoms with van der Waals surface area (Å²) in [4.78, 5) is 7.61. The molecule has 0 unspecified atom stereocenters. The summed E-state index contributed by atoms with van der Waals surface area (Å²) in [6.45, 7) is 6.61. The van der Waals surface area contributed by atoms with E-state index in [9.17, 15) is 0 Å². The normalized spacial score (nSPS) is 16.5. The van der Waals surface area contributed by atoms with Crippen LogP contribution in [0.25, 0.3) is 0 Å². The lowest BCUT2D eigenvalue weighted by Crippen LogP contribution is -2.48. The van der Waals surface area contributed by atoms with Crippen LogP contribution in [-0.2, 0) is 0 Å². The standard InChI is InChI=1S/C15H23BrN4S/c1-18(2)5-6-19-7-9-20(10-8-19)12-3-4-13(15(17)21)14(16)11-12/h3-4,11H,5-10H2,1-2H3,(H2,17,21). The Morgan fingerprint density at radius 3 is 2.48 bits per heavy atom. The van der Waals surface area contributed by atoms with Crippen molar-refractivity contribution in [2.75, 3.05) is 58.3 Å². The van der Waals surface area contributed by atoms with Crippen LogP contribution in [0.15, 0.2) is 22.7 Å². The monoisotopic (exact) mass is 370 g/mol. The molecular formula is C15H23BrN4S. The van der Waals surface area contributed by atoms with Crippen molar-refractivity contribution in [1.82, 2.24) is 9.80 Å². The zero-order valence-corrected chi connectivity index (χ0v) is 15.1. The minimum atomic E-state index is 0.432. The fourth-order valence-corrected chi connectivity index (χ4v) is 3.36. The molecule has 0 bridgehead atoms. The van der Waals surface area contributed by atoms with Gasteiger partial charge in [0, 0.05) is 55.0 Å². The van der Waals surface area contributed by atoms with Crippen molar-refractivity contribution >= 4 is 38.8 Å². The molecule has 0 aromatic heterocycles. The minimum absolute atomic E-state index is 0.432. The Kier molecular flexibility index (Phi) is 5.98. The Morgan fingerprint density at radius 1 is 1.29 bits per heavy atom. The molecule has 1 fully saturated rings. The van der Waals surface area contributed by atoms with E-state index in [-0.39, 0.29) is 0 Å². The zero-order valence-electron chi connectivity index (χ0n) is 12.7. The van der Waals surface area contributed by atoms with Crippen molar-refractivity contribution in [3.05, 3.63) is 28.2 Å². The third-order valence-electron chi connectivity index (χ3n) is 3.82. The number of nitrogens with two attached hydrogens (primary N) is 1. The minimum Gasteiger partial charge on any atom is -0.389 e. The molecule has 0 amide bonds. The van der Waals surface area contributed by atoms with E-state index in [1.165, 1.54) is 5.69 Å². The van der Waals surface area contributed by atoms with Crippen LogP contribution in [0.3, 0.4) is 0 Å². The van der Waals surface area contributed by atoms with Crippen LogP contribution in [0, 0.1) is 0 Å². The zero-order chi connectivity index (χ0) is 15.4. The number of hydrogen-bond acceptors (Lipinski definition) is 4. The van der Waals surface area contributed by atoms with E-state index in [0.717, 1.165) is 49.3 Å². The molecule has 0 spiro atoms. The van der Waals surface area contributed by atoms with Gasteiger partial charge in [0.15, 0.2) is 0 Å². The van der Waals surface area contributed by atoms with Crippen LogP contribution in [0.5, 0.6) is 0 Å². The number of benzene rings is 1. The summed E-state index contributed by atoms with van der Waals surface area (Å²) in [6, 6.07) is 6.22. The van der Waals surface area contributed by atoms with Crippen molar-refractivity contribution in [1.29, 1.82) is 0 Å². The lowest BCUT2D eigenvalue weighted by Gasteiger charge is -2.36. The van der Waals surface area contributed by atoms with E-state index < -0.39 is 0 Å². The largest absolute Gasteiger partial charge is 0.389 e. The summed E-state index contributed by atoms with van der Waals surface area (Å²) in [5.41, 5.74) is 7.83.